The fraction of sp³-hybridized carbons (Fsp3) is 0.632. The number of piperidine rings is 1. The van der Waals surface area contributed by atoms with E-state index in [2.05, 4.69) is 26.1 Å². The Morgan fingerprint density at radius 3 is 2.96 bits per heavy atom. The molecule has 7 heteroatoms. The number of fused-ring (bicyclic) bond motifs is 1. The Kier molecular flexibility index (Phi) is 4.91. The molecule has 0 saturated carbocycles. The van der Waals surface area contributed by atoms with Gasteiger partial charge in [-0.05, 0) is 63.2 Å². The molecule has 7 nitrogen and oxygen atoms in total. The van der Waals surface area contributed by atoms with Crippen LogP contribution in [-0.4, -0.2) is 51.8 Å². The van der Waals surface area contributed by atoms with Gasteiger partial charge in [0.05, 0.1) is 12.0 Å². The second kappa shape index (κ2) is 7.32. The van der Waals surface area contributed by atoms with E-state index in [1.54, 1.807) is 0 Å². The number of pyridine rings is 1. The number of nitrogens with zero attached hydrogens (tertiary/aromatic N) is 3. The standard InChI is InChI=1S/C19H27N5O2/c1-12-16-8-14(10-21-19(16)23-22-12)11-24-5-2-13(3-6-24)9-17-15(18(20)25)4-7-26-17/h8,10,13,15,17H,2-7,9,11H2,1H3,(H2,20,25)(H,21,22,23)/t15-,17-/m1/s1. The van der Waals surface area contributed by atoms with E-state index in [4.69, 9.17) is 10.5 Å². The lowest BCUT2D eigenvalue weighted by molar-refractivity contribution is -0.123. The highest BCUT2D eigenvalue weighted by molar-refractivity contribution is 5.78. The summed E-state index contributed by atoms with van der Waals surface area (Å²) in [6.45, 7) is 5.75. The Hall–Kier alpha value is -1.99. The molecule has 2 saturated heterocycles. The number of nitrogens with one attached hydrogen (secondary N) is 1. The molecule has 3 N–H and O–H groups in total. The van der Waals surface area contributed by atoms with Crippen LogP contribution in [0.25, 0.3) is 11.0 Å². The van der Waals surface area contributed by atoms with Crippen LogP contribution < -0.4 is 5.73 Å². The monoisotopic (exact) mass is 357 g/mol. The Labute approximate surface area is 153 Å². The van der Waals surface area contributed by atoms with E-state index in [1.165, 1.54) is 5.56 Å². The first-order valence-electron chi connectivity index (χ1n) is 9.53. The van der Waals surface area contributed by atoms with Gasteiger partial charge < -0.3 is 10.5 Å². The number of aromatic amines is 1. The SMILES string of the molecule is Cc1[nH]nc2ncc(CN3CCC(C[C@H]4OCC[C@H]4C(N)=O)CC3)cc12. The molecule has 2 aromatic heterocycles. The third-order valence-electron chi connectivity index (χ3n) is 5.91. The second-order valence-corrected chi connectivity index (χ2v) is 7.73. The van der Waals surface area contributed by atoms with Gasteiger partial charge in [-0.15, -0.1) is 0 Å². The summed E-state index contributed by atoms with van der Waals surface area (Å²) in [4.78, 5) is 18.5. The van der Waals surface area contributed by atoms with Gasteiger partial charge >= 0.3 is 0 Å². The minimum Gasteiger partial charge on any atom is -0.377 e. The number of nitrogens with two attached hydrogens (primary N) is 1. The average molecular weight is 357 g/mol. The molecule has 4 rings (SSSR count). The predicted octanol–water partition coefficient (Wildman–Crippen LogP) is 1.76. The third kappa shape index (κ3) is 3.59. The number of H-pyrrole nitrogens is 1. The number of likely N-dealkylation sites (tertiary alicyclic amines) is 1. The van der Waals surface area contributed by atoms with E-state index < -0.39 is 0 Å². The van der Waals surface area contributed by atoms with E-state index in [0.29, 0.717) is 12.5 Å². The number of primary amides is 1. The largest absolute Gasteiger partial charge is 0.377 e. The maximum atomic E-state index is 11.5. The van der Waals surface area contributed by atoms with Crippen LogP contribution in [0.15, 0.2) is 12.3 Å². The van der Waals surface area contributed by atoms with Gasteiger partial charge in [-0.25, -0.2) is 4.98 Å². The lowest BCUT2D eigenvalue weighted by atomic mass is 9.86. The van der Waals surface area contributed by atoms with Gasteiger partial charge in [0.15, 0.2) is 5.65 Å². The molecule has 0 aromatic carbocycles. The summed E-state index contributed by atoms with van der Waals surface area (Å²) in [5.74, 6) is 0.319. The zero-order valence-electron chi connectivity index (χ0n) is 15.3. The smallest absolute Gasteiger partial charge is 0.223 e. The fourth-order valence-electron chi connectivity index (χ4n) is 4.32. The van der Waals surface area contributed by atoms with Crippen LogP contribution in [0.3, 0.4) is 0 Å². The zero-order chi connectivity index (χ0) is 18.1. The van der Waals surface area contributed by atoms with Gasteiger partial charge in [0.25, 0.3) is 0 Å². The minimum atomic E-state index is -0.206. The fourth-order valence-corrected chi connectivity index (χ4v) is 4.32. The van der Waals surface area contributed by atoms with Crippen LogP contribution in [0.4, 0.5) is 0 Å². The van der Waals surface area contributed by atoms with Crippen LogP contribution in [0.5, 0.6) is 0 Å². The quantitative estimate of drug-likeness (QED) is 0.850. The van der Waals surface area contributed by atoms with Crippen molar-refractivity contribution in [1.29, 1.82) is 0 Å². The van der Waals surface area contributed by atoms with Crippen molar-refractivity contribution in [2.75, 3.05) is 19.7 Å². The highest BCUT2D eigenvalue weighted by Crippen LogP contribution is 2.31. The molecule has 0 unspecified atom stereocenters. The van der Waals surface area contributed by atoms with Gasteiger partial charge in [-0.3, -0.25) is 14.8 Å². The minimum absolute atomic E-state index is 0.0275. The van der Waals surface area contributed by atoms with E-state index >= 15 is 0 Å². The molecular formula is C19H27N5O2. The molecular weight excluding hydrogens is 330 g/mol. The molecule has 2 atom stereocenters. The lowest BCUT2D eigenvalue weighted by Gasteiger charge is -2.33. The lowest BCUT2D eigenvalue weighted by Crippen LogP contribution is -2.36. The van der Waals surface area contributed by atoms with E-state index in [1.807, 2.05) is 13.1 Å². The first-order valence-corrected chi connectivity index (χ1v) is 9.53. The van der Waals surface area contributed by atoms with Crippen molar-refractivity contribution in [3.63, 3.8) is 0 Å². The Bertz CT molecular complexity index is 781. The van der Waals surface area contributed by atoms with Crippen molar-refractivity contribution in [2.45, 2.75) is 45.3 Å². The van der Waals surface area contributed by atoms with Crippen LogP contribution in [0.2, 0.25) is 0 Å². The summed E-state index contributed by atoms with van der Waals surface area (Å²) in [5.41, 5.74) is 8.58. The summed E-state index contributed by atoms with van der Waals surface area (Å²) in [7, 11) is 0. The summed E-state index contributed by atoms with van der Waals surface area (Å²) in [6.07, 6.45) is 5.99. The first-order chi connectivity index (χ1) is 12.6. The molecule has 2 aliphatic rings. The van der Waals surface area contributed by atoms with Crippen molar-refractivity contribution in [3.8, 4) is 0 Å². The van der Waals surface area contributed by atoms with Crippen LogP contribution in [-0.2, 0) is 16.1 Å². The normalized spacial score (nSPS) is 25.1. The van der Waals surface area contributed by atoms with E-state index in [9.17, 15) is 4.79 Å². The van der Waals surface area contributed by atoms with E-state index in [0.717, 1.165) is 62.0 Å². The topological polar surface area (TPSA) is 97.1 Å². The predicted molar refractivity (Wildman–Crippen MR) is 98.3 cm³/mol. The average Bonchev–Trinajstić information content (AvgIpc) is 3.24. The molecule has 0 bridgehead atoms. The number of hydrogen-bond donors (Lipinski definition) is 2. The Morgan fingerprint density at radius 1 is 1.38 bits per heavy atom. The number of aryl methyl sites for hydroxylation is 1. The maximum absolute atomic E-state index is 11.5. The maximum Gasteiger partial charge on any atom is 0.223 e. The van der Waals surface area contributed by atoms with E-state index in [-0.39, 0.29) is 17.9 Å². The van der Waals surface area contributed by atoms with Crippen LogP contribution >= 0.6 is 0 Å². The molecule has 2 aromatic rings. The summed E-state index contributed by atoms with van der Waals surface area (Å²) < 4.78 is 5.76. The van der Waals surface area contributed by atoms with Gasteiger partial charge in [-0.2, -0.15) is 5.10 Å². The zero-order valence-corrected chi connectivity index (χ0v) is 15.3. The van der Waals surface area contributed by atoms with Gasteiger partial charge in [0.1, 0.15) is 0 Å². The second-order valence-electron chi connectivity index (χ2n) is 7.73. The van der Waals surface area contributed by atoms with Crippen molar-refractivity contribution < 1.29 is 9.53 Å². The molecule has 0 aliphatic carbocycles. The number of hydrogen-bond acceptors (Lipinski definition) is 5. The third-order valence-corrected chi connectivity index (χ3v) is 5.91. The number of rotatable bonds is 5. The number of carbonyl (C=O) groups is 1. The summed E-state index contributed by atoms with van der Waals surface area (Å²) in [6, 6.07) is 2.19. The van der Waals surface area contributed by atoms with Crippen LogP contribution in [0.1, 0.15) is 36.9 Å². The van der Waals surface area contributed by atoms with Crippen LogP contribution in [0, 0.1) is 18.8 Å². The first kappa shape index (κ1) is 17.4. The van der Waals surface area contributed by atoms with Gasteiger partial charge in [0.2, 0.25) is 5.91 Å². The number of aromatic nitrogens is 3. The van der Waals surface area contributed by atoms with Crippen molar-refractivity contribution >= 4 is 16.9 Å². The van der Waals surface area contributed by atoms with Gasteiger partial charge in [-0.1, -0.05) is 0 Å². The molecule has 0 radical (unpaired) electrons. The molecule has 26 heavy (non-hydrogen) atoms. The molecule has 0 spiro atoms. The Morgan fingerprint density at radius 2 is 2.19 bits per heavy atom. The molecule has 1 amide bonds. The number of ether oxygens (including phenoxy) is 1. The van der Waals surface area contributed by atoms with Crippen molar-refractivity contribution in [2.24, 2.45) is 17.6 Å². The summed E-state index contributed by atoms with van der Waals surface area (Å²) in [5, 5.41) is 8.28. The summed E-state index contributed by atoms with van der Waals surface area (Å²) >= 11 is 0. The highest BCUT2D eigenvalue weighted by atomic mass is 16.5. The van der Waals surface area contributed by atoms with Crippen molar-refractivity contribution in [3.05, 3.63) is 23.5 Å². The molecule has 4 heterocycles. The molecule has 140 valence electrons. The highest BCUT2D eigenvalue weighted by Gasteiger charge is 2.35. The van der Waals surface area contributed by atoms with Gasteiger partial charge in [0, 0.05) is 30.4 Å². The van der Waals surface area contributed by atoms with Crippen molar-refractivity contribution in [1.82, 2.24) is 20.1 Å². The molecule has 2 aliphatic heterocycles. The number of amides is 1. The Balaban J connectivity index is 1.30. The molecule has 2 fully saturated rings. The number of carbonyl (C=O) groups excluding carboxylic acids is 1.